The van der Waals surface area contributed by atoms with Crippen molar-refractivity contribution < 1.29 is 4.79 Å². The van der Waals surface area contributed by atoms with Crippen molar-refractivity contribution in [2.75, 3.05) is 11.9 Å². The SMILES string of the molecule is Cc1ccc(C(=O)N(C)c2ccccc2CN)cn1. The molecule has 0 radical (unpaired) electrons. The standard InChI is InChI=1S/C15H17N3O/c1-11-7-8-13(10-17-11)15(19)18(2)14-6-4-3-5-12(14)9-16/h3-8,10H,9,16H2,1-2H3. The van der Waals surface area contributed by atoms with E-state index < -0.39 is 0 Å². The van der Waals surface area contributed by atoms with Crippen molar-refractivity contribution in [1.82, 2.24) is 4.98 Å². The fourth-order valence-electron chi connectivity index (χ4n) is 1.91. The molecule has 0 fully saturated rings. The number of hydrogen-bond donors (Lipinski definition) is 1. The highest BCUT2D eigenvalue weighted by Crippen LogP contribution is 2.20. The summed E-state index contributed by atoms with van der Waals surface area (Å²) in [5.74, 6) is -0.0894. The van der Waals surface area contributed by atoms with Crippen LogP contribution in [0.4, 0.5) is 5.69 Å². The van der Waals surface area contributed by atoms with Crippen LogP contribution < -0.4 is 10.6 Å². The van der Waals surface area contributed by atoms with E-state index >= 15 is 0 Å². The van der Waals surface area contributed by atoms with E-state index in [1.54, 1.807) is 24.2 Å². The molecule has 0 saturated heterocycles. The lowest BCUT2D eigenvalue weighted by molar-refractivity contribution is 0.0992. The predicted octanol–water partition coefficient (Wildman–Crippen LogP) is 2.13. The number of carbonyl (C=O) groups excluding carboxylic acids is 1. The van der Waals surface area contributed by atoms with Crippen molar-refractivity contribution in [2.24, 2.45) is 5.73 Å². The predicted molar refractivity (Wildman–Crippen MR) is 76.0 cm³/mol. The van der Waals surface area contributed by atoms with Crippen molar-refractivity contribution in [3.63, 3.8) is 0 Å². The quantitative estimate of drug-likeness (QED) is 0.914. The third-order valence-electron chi connectivity index (χ3n) is 3.04. The molecule has 0 bridgehead atoms. The molecule has 0 atom stereocenters. The van der Waals surface area contributed by atoms with Crippen molar-refractivity contribution in [2.45, 2.75) is 13.5 Å². The van der Waals surface area contributed by atoms with Crippen molar-refractivity contribution in [3.05, 3.63) is 59.4 Å². The fraction of sp³-hybridized carbons (Fsp3) is 0.200. The van der Waals surface area contributed by atoms with Crippen LogP contribution in [-0.2, 0) is 6.54 Å². The lowest BCUT2D eigenvalue weighted by Gasteiger charge is -2.20. The third kappa shape index (κ3) is 2.80. The molecule has 0 spiro atoms. The van der Waals surface area contributed by atoms with Gasteiger partial charge in [0, 0.05) is 31.2 Å². The number of pyridine rings is 1. The molecule has 0 aliphatic rings. The number of amides is 1. The fourth-order valence-corrected chi connectivity index (χ4v) is 1.91. The van der Waals surface area contributed by atoms with Gasteiger partial charge in [-0.1, -0.05) is 18.2 Å². The van der Waals surface area contributed by atoms with Crippen molar-refractivity contribution in [3.8, 4) is 0 Å². The van der Waals surface area contributed by atoms with Gasteiger partial charge in [0.2, 0.25) is 0 Å². The molecule has 98 valence electrons. The second-order valence-corrected chi connectivity index (χ2v) is 4.39. The Morgan fingerprint density at radius 2 is 2.00 bits per heavy atom. The summed E-state index contributed by atoms with van der Waals surface area (Å²) in [5.41, 5.74) is 8.93. The third-order valence-corrected chi connectivity index (χ3v) is 3.04. The highest BCUT2D eigenvalue weighted by molar-refractivity contribution is 6.05. The first-order chi connectivity index (χ1) is 9.13. The number of aromatic nitrogens is 1. The monoisotopic (exact) mass is 255 g/mol. The Bertz CT molecular complexity index is 578. The summed E-state index contributed by atoms with van der Waals surface area (Å²) < 4.78 is 0. The summed E-state index contributed by atoms with van der Waals surface area (Å²) in [5, 5.41) is 0. The number of anilines is 1. The minimum atomic E-state index is -0.0894. The van der Waals surface area contributed by atoms with Gasteiger partial charge < -0.3 is 10.6 Å². The van der Waals surface area contributed by atoms with Gasteiger partial charge >= 0.3 is 0 Å². The molecule has 1 aromatic heterocycles. The van der Waals surface area contributed by atoms with Gasteiger partial charge in [-0.25, -0.2) is 0 Å². The Hall–Kier alpha value is -2.20. The minimum Gasteiger partial charge on any atom is -0.326 e. The van der Waals surface area contributed by atoms with Gasteiger partial charge in [0.1, 0.15) is 0 Å². The van der Waals surface area contributed by atoms with Gasteiger partial charge in [0.15, 0.2) is 0 Å². The van der Waals surface area contributed by atoms with Gasteiger partial charge in [-0.15, -0.1) is 0 Å². The molecule has 0 unspecified atom stereocenters. The van der Waals surface area contributed by atoms with Crippen LogP contribution in [0, 0.1) is 6.92 Å². The zero-order valence-corrected chi connectivity index (χ0v) is 11.1. The van der Waals surface area contributed by atoms with Crippen LogP contribution in [0.15, 0.2) is 42.6 Å². The first kappa shape index (κ1) is 13.2. The second kappa shape index (κ2) is 5.63. The highest BCUT2D eigenvalue weighted by Gasteiger charge is 2.15. The first-order valence-electron chi connectivity index (χ1n) is 6.12. The summed E-state index contributed by atoms with van der Waals surface area (Å²) in [7, 11) is 1.75. The van der Waals surface area contributed by atoms with E-state index in [9.17, 15) is 4.79 Å². The first-order valence-corrected chi connectivity index (χ1v) is 6.12. The molecule has 4 heteroatoms. The molecular formula is C15H17N3O. The summed E-state index contributed by atoms with van der Waals surface area (Å²) in [6, 6.07) is 11.2. The molecule has 1 aromatic carbocycles. The van der Waals surface area contributed by atoms with Crippen LogP contribution >= 0.6 is 0 Å². The van der Waals surface area contributed by atoms with E-state index in [4.69, 9.17) is 5.73 Å². The van der Waals surface area contributed by atoms with E-state index in [1.807, 2.05) is 37.3 Å². The molecule has 0 aliphatic carbocycles. The number of aryl methyl sites for hydroxylation is 1. The smallest absolute Gasteiger partial charge is 0.259 e. The topological polar surface area (TPSA) is 59.2 Å². The summed E-state index contributed by atoms with van der Waals surface area (Å²) in [6.07, 6.45) is 1.60. The second-order valence-electron chi connectivity index (χ2n) is 4.39. The maximum absolute atomic E-state index is 12.4. The minimum absolute atomic E-state index is 0.0894. The zero-order chi connectivity index (χ0) is 13.8. The van der Waals surface area contributed by atoms with E-state index in [-0.39, 0.29) is 5.91 Å². The molecule has 2 rings (SSSR count). The Kier molecular flexibility index (Phi) is 3.92. The number of rotatable bonds is 3. The van der Waals surface area contributed by atoms with Crippen LogP contribution in [-0.4, -0.2) is 17.9 Å². The maximum Gasteiger partial charge on any atom is 0.259 e. The lowest BCUT2D eigenvalue weighted by Crippen LogP contribution is -2.27. The van der Waals surface area contributed by atoms with E-state index in [0.29, 0.717) is 12.1 Å². The average molecular weight is 255 g/mol. The van der Waals surface area contributed by atoms with Crippen LogP contribution in [0.5, 0.6) is 0 Å². The number of nitrogens with zero attached hydrogens (tertiary/aromatic N) is 2. The normalized spacial score (nSPS) is 10.3. The van der Waals surface area contributed by atoms with Crippen LogP contribution in [0.1, 0.15) is 21.6 Å². The molecule has 2 N–H and O–H groups in total. The van der Waals surface area contributed by atoms with Gasteiger partial charge in [-0.05, 0) is 30.7 Å². The Labute approximate surface area is 112 Å². The Morgan fingerprint density at radius 3 is 2.63 bits per heavy atom. The van der Waals surface area contributed by atoms with E-state index in [0.717, 1.165) is 16.9 Å². The van der Waals surface area contributed by atoms with Crippen LogP contribution in [0.3, 0.4) is 0 Å². The molecule has 0 saturated carbocycles. The largest absolute Gasteiger partial charge is 0.326 e. The molecule has 1 amide bonds. The van der Waals surface area contributed by atoms with E-state index in [2.05, 4.69) is 4.98 Å². The summed E-state index contributed by atoms with van der Waals surface area (Å²) >= 11 is 0. The molecule has 2 aromatic rings. The Morgan fingerprint density at radius 1 is 1.26 bits per heavy atom. The van der Waals surface area contributed by atoms with Crippen molar-refractivity contribution in [1.29, 1.82) is 0 Å². The summed E-state index contributed by atoms with van der Waals surface area (Å²) in [6.45, 7) is 2.29. The van der Waals surface area contributed by atoms with Gasteiger partial charge in [-0.3, -0.25) is 9.78 Å². The highest BCUT2D eigenvalue weighted by atomic mass is 16.2. The molecule has 0 aliphatic heterocycles. The van der Waals surface area contributed by atoms with Gasteiger partial charge in [-0.2, -0.15) is 0 Å². The average Bonchev–Trinajstić information content (AvgIpc) is 2.46. The number of hydrogen-bond acceptors (Lipinski definition) is 3. The maximum atomic E-state index is 12.4. The molecule has 4 nitrogen and oxygen atoms in total. The van der Waals surface area contributed by atoms with Gasteiger partial charge in [0.05, 0.1) is 5.56 Å². The number of para-hydroxylation sites is 1. The van der Waals surface area contributed by atoms with Gasteiger partial charge in [0.25, 0.3) is 5.91 Å². The lowest BCUT2D eigenvalue weighted by atomic mass is 10.1. The van der Waals surface area contributed by atoms with Crippen LogP contribution in [0.25, 0.3) is 0 Å². The number of benzene rings is 1. The van der Waals surface area contributed by atoms with Crippen LogP contribution in [0.2, 0.25) is 0 Å². The Balaban J connectivity index is 2.30. The van der Waals surface area contributed by atoms with E-state index in [1.165, 1.54) is 0 Å². The number of carbonyl (C=O) groups is 1. The molecule has 1 heterocycles. The molecule has 19 heavy (non-hydrogen) atoms. The molecular weight excluding hydrogens is 238 g/mol. The number of nitrogens with two attached hydrogens (primary N) is 1. The summed E-state index contributed by atoms with van der Waals surface area (Å²) in [4.78, 5) is 18.1. The zero-order valence-electron chi connectivity index (χ0n) is 11.1. The van der Waals surface area contributed by atoms with Crippen molar-refractivity contribution >= 4 is 11.6 Å².